The Kier molecular flexibility index (Phi) is 30.0. The highest BCUT2D eigenvalue weighted by Crippen LogP contribution is 2.23. The topological polar surface area (TPSA) is 479 Å². The second-order valence-corrected chi connectivity index (χ2v) is 25.0. The van der Waals surface area contributed by atoms with Crippen molar-refractivity contribution in [2.45, 2.75) is 159 Å². The minimum Gasteiger partial charge on any atom is -0.394 e. The molecule has 0 aliphatic carbocycles. The van der Waals surface area contributed by atoms with Gasteiger partial charge in [-0.05, 0) is 109 Å². The van der Waals surface area contributed by atoms with Crippen LogP contribution < -0.4 is 70.8 Å². The maximum absolute atomic E-state index is 14.8. The summed E-state index contributed by atoms with van der Waals surface area (Å²) in [5.41, 5.74) is 24.2. The summed E-state index contributed by atoms with van der Waals surface area (Å²) in [7, 11) is 0. The fourth-order valence-electron chi connectivity index (χ4n) is 11.1. The molecule has 31 heteroatoms. The number of primary amides is 2. The number of fused-ring (bicyclic) bond motifs is 1. The van der Waals surface area contributed by atoms with E-state index < -0.39 is 151 Å². The molecule has 6 rings (SSSR count). The first-order valence-corrected chi connectivity index (χ1v) is 32.8. The van der Waals surface area contributed by atoms with E-state index in [1.54, 1.807) is 62.4 Å². The van der Waals surface area contributed by atoms with E-state index in [1.807, 2.05) is 42.5 Å². The van der Waals surface area contributed by atoms with Gasteiger partial charge in [0.25, 0.3) is 0 Å². The molecule has 3 aromatic carbocycles. The molecule has 99 heavy (non-hydrogen) atoms. The number of pyridine rings is 2. The highest BCUT2D eigenvalue weighted by molar-refractivity contribution is 6.30. The first-order chi connectivity index (χ1) is 47.2. The van der Waals surface area contributed by atoms with Gasteiger partial charge in [-0.2, -0.15) is 0 Å². The zero-order valence-electron chi connectivity index (χ0n) is 55.5. The van der Waals surface area contributed by atoms with Gasteiger partial charge in [-0.15, -0.1) is 0 Å². The van der Waals surface area contributed by atoms with Gasteiger partial charge in [0.05, 0.1) is 6.61 Å². The van der Waals surface area contributed by atoms with Crippen LogP contribution in [0.5, 0.6) is 0 Å². The van der Waals surface area contributed by atoms with Crippen molar-refractivity contribution in [1.82, 2.24) is 62.7 Å². The minimum absolute atomic E-state index is 0.00772. The molecular formula is C68H88ClN17O13. The number of carbonyl (C=O) groups excluding carboxylic acids is 12. The average molecular weight is 1390 g/mol. The van der Waals surface area contributed by atoms with Crippen LogP contribution in [0.4, 0.5) is 0 Å². The summed E-state index contributed by atoms with van der Waals surface area (Å²) < 4.78 is 0. The van der Waals surface area contributed by atoms with Gasteiger partial charge in [-0.3, -0.25) is 72.5 Å². The lowest BCUT2D eigenvalue weighted by molar-refractivity contribution is -0.142. The van der Waals surface area contributed by atoms with Crippen LogP contribution in [-0.2, 0) is 83.2 Å². The van der Waals surface area contributed by atoms with Crippen molar-refractivity contribution in [2.75, 3.05) is 19.7 Å². The number of amides is 12. The number of aliphatic hydroxyl groups excluding tert-OH is 1. The average Bonchev–Trinajstić information content (AvgIpc) is 1.82. The lowest BCUT2D eigenvalue weighted by Crippen LogP contribution is -2.61. The fraction of sp³-hybridized carbons (Fsp3) is 0.426. The van der Waals surface area contributed by atoms with E-state index in [9.17, 15) is 62.6 Å². The molecule has 2 aromatic heterocycles. The third-order valence-electron chi connectivity index (χ3n) is 16.2. The smallest absolute Gasteiger partial charge is 0.245 e. The van der Waals surface area contributed by atoms with Gasteiger partial charge in [-0.1, -0.05) is 92.2 Å². The summed E-state index contributed by atoms with van der Waals surface area (Å²) in [5.74, 6) is -10.6. The zero-order valence-corrected chi connectivity index (χ0v) is 56.3. The Balaban J connectivity index is 1.23. The van der Waals surface area contributed by atoms with E-state index in [-0.39, 0.29) is 76.3 Å². The number of rotatable bonds is 37. The summed E-state index contributed by atoms with van der Waals surface area (Å²) in [4.78, 5) is 180. The Morgan fingerprint density at radius 1 is 0.566 bits per heavy atom. The molecule has 1 fully saturated rings. The van der Waals surface area contributed by atoms with Gasteiger partial charge in [-0.25, -0.2) is 0 Å². The number of nitrogens with one attached hydrogen (secondary N) is 9. The Morgan fingerprint density at radius 2 is 1.07 bits per heavy atom. The number of carbonyl (C=O) groups is 12. The Hall–Kier alpha value is -10.6. The van der Waals surface area contributed by atoms with Crippen LogP contribution in [0, 0.1) is 5.92 Å². The van der Waals surface area contributed by atoms with Gasteiger partial charge in [0, 0.05) is 81.9 Å². The molecule has 0 saturated carbocycles. The fourth-order valence-corrected chi connectivity index (χ4v) is 11.3. The largest absolute Gasteiger partial charge is 0.394 e. The molecule has 0 radical (unpaired) electrons. The molecule has 530 valence electrons. The second-order valence-electron chi connectivity index (χ2n) is 24.6. The maximum atomic E-state index is 14.8. The van der Waals surface area contributed by atoms with Crippen molar-refractivity contribution in [2.24, 2.45) is 33.8 Å². The molecule has 18 N–H and O–H groups in total. The number of halogens is 1. The van der Waals surface area contributed by atoms with Gasteiger partial charge in [0.1, 0.15) is 60.4 Å². The van der Waals surface area contributed by atoms with Gasteiger partial charge >= 0.3 is 0 Å². The lowest BCUT2D eigenvalue weighted by atomic mass is 9.97. The third kappa shape index (κ3) is 24.8. The molecule has 5 aromatic rings. The van der Waals surface area contributed by atoms with Crippen LogP contribution in [0.3, 0.4) is 0 Å². The summed E-state index contributed by atoms with van der Waals surface area (Å²) >= 11 is 6.22. The lowest BCUT2D eigenvalue weighted by Gasteiger charge is -2.31. The number of aliphatic hydroxyl groups is 1. The number of benzene rings is 3. The molecule has 0 spiro atoms. The van der Waals surface area contributed by atoms with Crippen molar-refractivity contribution < 1.29 is 62.6 Å². The third-order valence-corrected chi connectivity index (χ3v) is 16.5. The number of nitrogens with zero attached hydrogens (tertiary/aromatic N) is 4. The van der Waals surface area contributed by atoms with Gasteiger partial charge in [0.15, 0.2) is 5.96 Å². The van der Waals surface area contributed by atoms with Gasteiger partial charge < -0.3 is 80.8 Å². The molecule has 3 heterocycles. The predicted molar refractivity (Wildman–Crippen MR) is 366 cm³/mol. The van der Waals surface area contributed by atoms with Crippen molar-refractivity contribution in [3.8, 4) is 0 Å². The van der Waals surface area contributed by atoms with E-state index in [4.69, 9.17) is 34.5 Å². The number of guanidine groups is 1. The normalized spacial score (nSPS) is 15.3. The molecule has 1 saturated heterocycles. The van der Waals surface area contributed by atoms with E-state index in [0.717, 1.165) is 16.3 Å². The van der Waals surface area contributed by atoms with E-state index >= 15 is 0 Å². The number of nitrogens with two attached hydrogens (primary N) is 4. The number of hydrogen-bond acceptors (Lipinski definition) is 16. The molecular weight excluding hydrogens is 1300 g/mol. The Bertz CT molecular complexity index is 3670. The quantitative estimate of drug-likeness (QED) is 0.0126. The summed E-state index contributed by atoms with van der Waals surface area (Å²) in [6.07, 6.45) is 4.95. The van der Waals surface area contributed by atoms with Crippen LogP contribution >= 0.6 is 11.6 Å². The molecule has 12 amide bonds. The molecule has 10 atom stereocenters. The molecule has 1 aliphatic rings. The minimum atomic E-state index is -1.86. The van der Waals surface area contributed by atoms with Gasteiger partial charge in [0.2, 0.25) is 70.9 Å². The molecule has 0 bridgehead atoms. The predicted octanol–water partition coefficient (Wildman–Crippen LogP) is -1.21. The van der Waals surface area contributed by atoms with Crippen LogP contribution in [0.15, 0.2) is 121 Å². The maximum Gasteiger partial charge on any atom is 0.245 e. The number of likely N-dealkylation sites (tertiary alicyclic amines) is 1. The molecule has 1 aliphatic heterocycles. The van der Waals surface area contributed by atoms with E-state index in [2.05, 4.69) is 62.8 Å². The van der Waals surface area contributed by atoms with E-state index in [0.29, 0.717) is 28.1 Å². The van der Waals surface area contributed by atoms with Crippen LogP contribution in [0.1, 0.15) is 94.9 Å². The zero-order chi connectivity index (χ0) is 72.3. The van der Waals surface area contributed by atoms with Crippen LogP contribution in [0.2, 0.25) is 5.02 Å². The van der Waals surface area contributed by atoms with Crippen molar-refractivity contribution in [3.63, 3.8) is 0 Å². The van der Waals surface area contributed by atoms with Crippen molar-refractivity contribution in [1.29, 1.82) is 0 Å². The number of hydrogen-bond donors (Lipinski definition) is 14. The number of aliphatic imine (C=N–C) groups is 1. The first kappa shape index (κ1) is 77.4. The Morgan fingerprint density at radius 3 is 1.61 bits per heavy atom. The highest BCUT2D eigenvalue weighted by Gasteiger charge is 2.40. The van der Waals surface area contributed by atoms with Crippen molar-refractivity contribution >= 4 is 99.2 Å². The molecule has 30 nitrogen and oxygen atoms in total. The summed E-state index contributed by atoms with van der Waals surface area (Å²) in [6, 6.07) is 11.8. The standard InChI is InChI=1S/C68H88ClN17O13/c1-38(2)30-50(60(92)80-49(18-10-28-76-68(72)73)67(99)86-29-11-19-56(86)66(98)77-39(3)58(71)90)81-62(94)52(32-42-12-8-26-74-35-42)82-59(91)48(24-25-57(70)89)79-65(97)55(37-87)85-63(95)53(33-43-13-9-27-75-36-43)84-61(93)51(31-41-20-22-46(69)23-21-41)83-64(96)54(78-40(4)88)34-45-16-7-15-44-14-5-6-17-47(44)45/h5-9,12-17,20-23,26-27,35-36,38-39,48-56,87H,10-11,18-19,24-25,28-34,37H2,1-4H3,(H2,70,89)(H2,71,90)(H,77,98)(H,78,88)(H,79,97)(H,80,92)(H,81,94)(H,82,91)(H,83,96)(H,84,93)(H,85,95)(H4,72,73,76)/t39-,48+,49+,50+,51-,52-,53-,54-,55+,56+/m1/s1. The SMILES string of the molecule is CC(=O)N[C@H](Cc1cccc2ccccc12)C(=O)N[C@H](Cc1ccc(Cl)cc1)C(=O)N[C@H](Cc1cccnc1)C(=O)N[C@@H](CO)C(=O)N[C@@H](CCC(N)=O)C(=O)N[C@H](Cc1cccnc1)C(=O)N[C@@H](CC(C)C)C(=O)N[C@@H](CCCN=C(N)N)C(=O)N1CCC[C@H]1C(=O)N[C@H](C)C(N)=O. The highest BCUT2D eigenvalue weighted by atomic mass is 35.5. The summed E-state index contributed by atoms with van der Waals surface area (Å²) in [6.45, 7) is 5.28. The van der Waals surface area contributed by atoms with Crippen LogP contribution in [-0.4, -0.2) is 177 Å². The Labute approximate surface area is 577 Å². The monoisotopic (exact) mass is 1390 g/mol. The first-order valence-electron chi connectivity index (χ1n) is 32.4. The van der Waals surface area contributed by atoms with E-state index in [1.165, 1.54) is 43.5 Å². The summed E-state index contributed by atoms with van der Waals surface area (Å²) in [5, 5.41) is 36.6. The van der Waals surface area contributed by atoms with Crippen molar-refractivity contribution in [3.05, 3.63) is 143 Å². The van der Waals surface area contributed by atoms with Crippen LogP contribution in [0.25, 0.3) is 10.8 Å². The second kappa shape index (κ2) is 38.4. The molecule has 0 unspecified atom stereocenters. The number of aromatic nitrogens is 2.